The number of esters is 1. The number of benzene rings is 1. The molecule has 5 heteroatoms. The zero-order chi connectivity index (χ0) is 14.8. The van der Waals surface area contributed by atoms with Crippen molar-refractivity contribution in [2.75, 3.05) is 7.11 Å². The van der Waals surface area contributed by atoms with Crippen molar-refractivity contribution < 1.29 is 13.9 Å². The van der Waals surface area contributed by atoms with Crippen molar-refractivity contribution in [1.82, 2.24) is 4.98 Å². The Morgan fingerprint density at radius 3 is 2.81 bits per heavy atom. The number of aromatic nitrogens is 1. The van der Waals surface area contributed by atoms with Crippen LogP contribution in [0.3, 0.4) is 0 Å². The second kappa shape index (κ2) is 5.20. The lowest BCUT2D eigenvalue weighted by Crippen LogP contribution is -2.03. The summed E-state index contributed by atoms with van der Waals surface area (Å²) in [5.74, 6) is -0.480. The topological polar surface area (TPSA) is 69.4 Å². The minimum Gasteiger partial charge on any atom is -0.465 e. The Morgan fingerprint density at radius 1 is 1.24 bits per heavy atom. The third-order valence-electron chi connectivity index (χ3n) is 3.14. The number of carbonyl (C=O) groups is 1. The lowest BCUT2D eigenvalue weighted by molar-refractivity contribution is 0.0600. The standard InChI is InChI=1S/C16H11NO4/c1-20-16(19)10-4-5-12-13(11-3-2-6-17-9-11)8-15(18)21-14(12)7-10/h2-9H,1H3. The first-order chi connectivity index (χ1) is 10.2. The van der Waals surface area contributed by atoms with Crippen LogP contribution in [0.15, 0.2) is 58.0 Å². The first-order valence-electron chi connectivity index (χ1n) is 6.25. The van der Waals surface area contributed by atoms with Crippen LogP contribution in [0.5, 0.6) is 0 Å². The van der Waals surface area contributed by atoms with E-state index in [1.807, 2.05) is 6.07 Å². The van der Waals surface area contributed by atoms with Gasteiger partial charge in [0.1, 0.15) is 5.58 Å². The van der Waals surface area contributed by atoms with Crippen LogP contribution in [-0.2, 0) is 4.74 Å². The second-order valence-electron chi connectivity index (χ2n) is 4.42. The molecule has 21 heavy (non-hydrogen) atoms. The van der Waals surface area contributed by atoms with E-state index in [0.717, 1.165) is 10.9 Å². The van der Waals surface area contributed by atoms with E-state index in [9.17, 15) is 9.59 Å². The molecule has 0 amide bonds. The fourth-order valence-electron chi connectivity index (χ4n) is 2.17. The molecule has 0 spiro atoms. The van der Waals surface area contributed by atoms with Crippen LogP contribution in [0.25, 0.3) is 22.1 Å². The van der Waals surface area contributed by atoms with Gasteiger partial charge in [0.25, 0.3) is 0 Å². The van der Waals surface area contributed by atoms with Gasteiger partial charge < -0.3 is 9.15 Å². The van der Waals surface area contributed by atoms with Crippen LogP contribution in [0, 0.1) is 0 Å². The molecule has 5 nitrogen and oxygen atoms in total. The summed E-state index contributed by atoms with van der Waals surface area (Å²) in [4.78, 5) is 27.3. The summed E-state index contributed by atoms with van der Waals surface area (Å²) in [6.45, 7) is 0. The zero-order valence-corrected chi connectivity index (χ0v) is 11.2. The number of carbonyl (C=O) groups excluding carboxylic acids is 1. The lowest BCUT2D eigenvalue weighted by Gasteiger charge is -2.06. The molecule has 0 saturated carbocycles. The molecule has 0 radical (unpaired) electrons. The highest BCUT2D eigenvalue weighted by atomic mass is 16.5. The molecule has 1 aromatic carbocycles. The highest BCUT2D eigenvalue weighted by Crippen LogP contribution is 2.27. The van der Waals surface area contributed by atoms with Gasteiger partial charge in [-0.05, 0) is 24.3 Å². The molecule has 104 valence electrons. The molecule has 3 rings (SSSR count). The summed E-state index contributed by atoms with van der Waals surface area (Å²) in [7, 11) is 1.30. The van der Waals surface area contributed by atoms with Gasteiger partial charge in [0, 0.05) is 35.0 Å². The van der Waals surface area contributed by atoms with Gasteiger partial charge in [-0.15, -0.1) is 0 Å². The number of nitrogens with zero attached hydrogens (tertiary/aromatic N) is 1. The van der Waals surface area contributed by atoms with Crippen molar-refractivity contribution in [3.63, 3.8) is 0 Å². The summed E-state index contributed by atoms with van der Waals surface area (Å²) in [6.07, 6.45) is 3.33. The number of hydrogen-bond donors (Lipinski definition) is 0. The highest BCUT2D eigenvalue weighted by molar-refractivity contribution is 5.98. The van der Waals surface area contributed by atoms with Gasteiger partial charge in [-0.1, -0.05) is 6.07 Å². The van der Waals surface area contributed by atoms with Crippen molar-refractivity contribution in [2.45, 2.75) is 0 Å². The van der Waals surface area contributed by atoms with Crippen molar-refractivity contribution in [1.29, 1.82) is 0 Å². The SMILES string of the molecule is COC(=O)c1ccc2c(-c3cccnc3)cc(=O)oc2c1. The Kier molecular flexibility index (Phi) is 3.23. The first-order valence-corrected chi connectivity index (χ1v) is 6.25. The summed E-state index contributed by atoms with van der Waals surface area (Å²) in [6, 6.07) is 9.93. The van der Waals surface area contributed by atoms with Gasteiger partial charge in [-0.3, -0.25) is 4.98 Å². The minimum absolute atomic E-state index is 0.330. The average Bonchev–Trinajstić information content (AvgIpc) is 2.53. The lowest BCUT2D eigenvalue weighted by atomic mass is 10.0. The number of ether oxygens (including phenoxy) is 1. The van der Waals surface area contributed by atoms with Crippen molar-refractivity contribution in [3.05, 3.63) is 64.8 Å². The average molecular weight is 281 g/mol. The van der Waals surface area contributed by atoms with Gasteiger partial charge in [0.2, 0.25) is 0 Å². The van der Waals surface area contributed by atoms with E-state index in [0.29, 0.717) is 16.7 Å². The fourth-order valence-corrected chi connectivity index (χ4v) is 2.17. The maximum atomic E-state index is 11.7. The monoisotopic (exact) mass is 281 g/mol. The smallest absolute Gasteiger partial charge is 0.337 e. The van der Waals surface area contributed by atoms with E-state index in [4.69, 9.17) is 4.42 Å². The summed E-state index contributed by atoms with van der Waals surface area (Å²) in [5.41, 5.74) is 1.70. The summed E-state index contributed by atoms with van der Waals surface area (Å²) in [5, 5.41) is 0.732. The molecule has 0 aliphatic carbocycles. The Hall–Kier alpha value is -2.95. The van der Waals surface area contributed by atoms with Crippen LogP contribution in [0.1, 0.15) is 10.4 Å². The molecule has 0 atom stereocenters. The van der Waals surface area contributed by atoms with Crippen molar-refractivity contribution in [2.24, 2.45) is 0 Å². The number of methoxy groups -OCH3 is 1. The van der Waals surface area contributed by atoms with Crippen molar-refractivity contribution in [3.8, 4) is 11.1 Å². The molecule has 0 N–H and O–H groups in total. The van der Waals surface area contributed by atoms with Gasteiger partial charge in [0.05, 0.1) is 12.7 Å². The predicted molar refractivity (Wildman–Crippen MR) is 77.1 cm³/mol. The van der Waals surface area contributed by atoms with Crippen LogP contribution in [-0.4, -0.2) is 18.1 Å². The molecule has 3 aromatic rings. The Bertz CT molecular complexity index is 868. The Morgan fingerprint density at radius 2 is 2.10 bits per heavy atom. The maximum Gasteiger partial charge on any atom is 0.337 e. The van der Waals surface area contributed by atoms with E-state index < -0.39 is 11.6 Å². The van der Waals surface area contributed by atoms with E-state index in [1.54, 1.807) is 30.6 Å². The van der Waals surface area contributed by atoms with E-state index in [2.05, 4.69) is 9.72 Å². The Balaban J connectivity index is 2.27. The summed E-state index contributed by atoms with van der Waals surface area (Å²) < 4.78 is 9.84. The first kappa shape index (κ1) is 13.1. The molecule has 0 aliphatic heterocycles. The molecular weight excluding hydrogens is 270 g/mol. The largest absolute Gasteiger partial charge is 0.465 e. The molecule has 0 unspecified atom stereocenters. The maximum absolute atomic E-state index is 11.7. The third kappa shape index (κ3) is 2.41. The van der Waals surface area contributed by atoms with Gasteiger partial charge in [-0.25, -0.2) is 9.59 Å². The van der Waals surface area contributed by atoms with Crippen molar-refractivity contribution >= 4 is 16.9 Å². The predicted octanol–water partition coefficient (Wildman–Crippen LogP) is 2.64. The molecule has 0 aliphatic rings. The number of rotatable bonds is 2. The summed E-state index contributed by atoms with van der Waals surface area (Å²) >= 11 is 0. The molecule has 0 saturated heterocycles. The molecular formula is C16H11NO4. The number of fused-ring (bicyclic) bond motifs is 1. The third-order valence-corrected chi connectivity index (χ3v) is 3.14. The van der Waals surface area contributed by atoms with Gasteiger partial charge in [-0.2, -0.15) is 0 Å². The second-order valence-corrected chi connectivity index (χ2v) is 4.42. The molecule has 2 heterocycles. The Labute approximate surface area is 119 Å². The minimum atomic E-state index is -0.483. The van der Waals surface area contributed by atoms with Gasteiger partial charge in [0.15, 0.2) is 0 Å². The number of hydrogen-bond acceptors (Lipinski definition) is 5. The van der Waals surface area contributed by atoms with E-state index in [1.165, 1.54) is 19.2 Å². The van der Waals surface area contributed by atoms with E-state index >= 15 is 0 Å². The normalized spacial score (nSPS) is 10.5. The van der Waals surface area contributed by atoms with E-state index in [-0.39, 0.29) is 0 Å². The molecule has 0 bridgehead atoms. The fraction of sp³-hybridized carbons (Fsp3) is 0.0625. The quantitative estimate of drug-likeness (QED) is 0.533. The molecule has 0 fully saturated rings. The van der Waals surface area contributed by atoms with Crippen LogP contribution in [0.2, 0.25) is 0 Å². The zero-order valence-electron chi connectivity index (χ0n) is 11.2. The van der Waals surface area contributed by atoms with Gasteiger partial charge >= 0.3 is 11.6 Å². The highest BCUT2D eigenvalue weighted by Gasteiger charge is 2.11. The number of pyridine rings is 1. The van der Waals surface area contributed by atoms with Crippen LogP contribution >= 0.6 is 0 Å². The van der Waals surface area contributed by atoms with Crippen LogP contribution in [0.4, 0.5) is 0 Å². The van der Waals surface area contributed by atoms with Crippen LogP contribution < -0.4 is 5.63 Å². The molecule has 2 aromatic heterocycles.